The van der Waals surface area contributed by atoms with Gasteiger partial charge < -0.3 is 0 Å². The fraction of sp³-hybridized carbons (Fsp3) is 0.333. The van der Waals surface area contributed by atoms with Crippen LogP contribution in [-0.4, -0.2) is 4.98 Å². The summed E-state index contributed by atoms with van der Waals surface area (Å²) in [4.78, 5) is 2.95. The van der Waals surface area contributed by atoms with Crippen LogP contribution in [0.15, 0.2) is 12.4 Å². The number of imidazole rings is 1. The van der Waals surface area contributed by atoms with Gasteiger partial charge in [-0.1, -0.05) is 0 Å². The van der Waals surface area contributed by atoms with Gasteiger partial charge in [-0.05, 0) is 0 Å². The molecule has 0 saturated heterocycles. The van der Waals surface area contributed by atoms with E-state index in [1.807, 2.05) is 24.0 Å². The second-order valence-electron chi connectivity index (χ2n) is 1.85. The number of aromatic nitrogens is 2. The van der Waals surface area contributed by atoms with E-state index in [4.69, 9.17) is 5.26 Å². The molecule has 0 atom stereocenters. The van der Waals surface area contributed by atoms with Crippen molar-refractivity contribution in [1.82, 2.24) is 4.98 Å². The van der Waals surface area contributed by atoms with E-state index in [-0.39, 0.29) is 0 Å². The lowest BCUT2D eigenvalue weighted by molar-refractivity contribution is -0.677. The van der Waals surface area contributed by atoms with Crippen LogP contribution in [0.25, 0.3) is 0 Å². The van der Waals surface area contributed by atoms with Crippen molar-refractivity contribution in [2.24, 2.45) is 7.05 Å². The first kappa shape index (κ1) is 5.83. The van der Waals surface area contributed by atoms with Crippen LogP contribution in [0.2, 0.25) is 0 Å². The van der Waals surface area contributed by atoms with Crippen molar-refractivity contribution >= 4 is 0 Å². The van der Waals surface area contributed by atoms with Gasteiger partial charge in [0.25, 0.3) is 5.82 Å². The van der Waals surface area contributed by atoms with Crippen LogP contribution in [0, 0.1) is 11.3 Å². The predicted octanol–water partition coefficient (Wildman–Crippen LogP) is -0.0947. The third-order valence-electron chi connectivity index (χ3n) is 1.22. The number of aryl methyl sites for hydroxylation is 1. The Morgan fingerprint density at radius 1 is 1.89 bits per heavy atom. The van der Waals surface area contributed by atoms with Crippen molar-refractivity contribution in [3.8, 4) is 6.07 Å². The van der Waals surface area contributed by atoms with Crippen molar-refractivity contribution in [3.63, 3.8) is 0 Å². The smallest absolute Gasteiger partial charge is 0.247 e. The lowest BCUT2D eigenvalue weighted by atomic mass is 10.4. The van der Waals surface area contributed by atoms with E-state index in [1.165, 1.54) is 0 Å². The number of nitriles is 1. The second-order valence-corrected chi connectivity index (χ2v) is 1.85. The summed E-state index contributed by atoms with van der Waals surface area (Å²) in [7, 11) is 1.91. The van der Waals surface area contributed by atoms with Crippen LogP contribution in [0.3, 0.4) is 0 Å². The maximum atomic E-state index is 8.28. The third-order valence-corrected chi connectivity index (χ3v) is 1.22. The highest BCUT2D eigenvalue weighted by Crippen LogP contribution is 1.83. The largest absolute Gasteiger partial charge is 0.268 e. The Morgan fingerprint density at radius 3 is 3.11 bits per heavy atom. The normalized spacial score (nSPS) is 8.89. The van der Waals surface area contributed by atoms with E-state index in [0.717, 1.165) is 5.82 Å². The quantitative estimate of drug-likeness (QED) is 0.519. The van der Waals surface area contributed by atoms with Crippen LogP contribution >= 0.6 is 0 Å². The Balaban J connectivity index is 2.84. The van der Waals surface area contributed by atoms with Gasteiger partial charge in [0, 0.05) is 0 Å². The molecule has 9 heavy (non-hydrogen) atoms. The van der Waals surface area contributed by atoms with E-state index >= 15 is 0 Å². The van der Waals surface area contributed by atoms with E-state index in [1.54, 1.807) is 0 Å². The van der Waals surface area contributed by atoms with Crippen molar-refractivity contribution in [1.29, 1.82) is 5.26 Å². The van der Waals surface area contributed by atoms with E-state index < -0.39 is 0 Å². The summed E-state index contributed by atoms with van der Waals surface area (Å²) >= 11 is 0. The van der Waals surface area contributed by atoms with Crippen molar-refractivity contribution in [2.45, 2.75) is 6.42 Å². The molecule has 0 unspecified atom stereocenters. The van der Waals surface area contributed by atoms with E-state index in [0.29, 0.717) is 6.42 Å². The van der Waals surface area contributed by atoms with Crippen LogP contribution in [0.5, 0.6) is 0 Å². The van der Waals surface area contributed by atoms with Gasteiger partial charge in [0.2, 0.25) is 0 Å². The van der Waals surface area contributed by atoms with E-state index in [9.17, 15) is 0 Å². The molecule has 0 aliphatic carbocycles. The van der Waals surface area contributed by atoms with E-state index in [2.05, 4.69) is 11.1 Å². The molecule has 1 heterocycles. The molecule has 0 radical (unpaired) electrons. The Hall–Kier alpha value is -1.30. The predicted molar refractivity (Wildman–Crippen MR) is 31.3 cm³/mol. The van der Waals surface area contributed by atoms with Crippen LogP contribution in [0.4, 0.5) is 0 Å². The SMILES string of the molecule is C[n+]1cc[nH]c1CC#N. The van der Waals surface area contributed by atoms with Crippen molar-refractivity contribution < 1.29 is 4.57 Å². The number of H-pyrrole nitrogens is 1. The summed E-state index contributed by atoms with van der Waals surface area (Å²) in [5.74, 6) is 0.942. The van der Waals surface area contributed by atoms with Crippen molar-refractivity contribution in [3.05, 3.63) is 18.2 Å². The molecule has 0 aliphatic heterocycles. The summed E-state index contributed by atoms with van der Waals surface area (Å²) in [6, 6.07) is 2.06. The second kappa shape index (κ2) is 2.31. The number of aromatic amines is 1. The molecule has 0 fully saturated rings. The minimum absolute atomic E-state index is 0.448. The minimum Gasteiger partial charge on any atom is -0.247 e. The lowest BCUT2D eigenvalue weighted by Crippen LogP contribution is -2.29. The molecule has 0 aliphatic rings. The Kier molecular flexibility index (Phi) is 1.50. The van der Waals surface area contributed by atoms with Gasteiger partial charge in [-0.25, -0.2) is 9.55 Å². The first-order chi connectivity index (χ1) is 4.34. The van der Waals surface area contributed by atoms with Gasteiger partial charge >= 0.3 is 0 Å². The molecule has 0 spiro atoms. The Bertz CT molecular complexity index is 231. The molecule has 0 amide bonds. The molecule has 3 nitrogen and oxygen atoms in total. The van der Waals surface area contributed by atoms with Crippen molar-refractivity contribution in [2.75, 3.05) is 0 Å². The molecule has 1 N–H and O–H groups in total. The number of nitrogens with one attached hydrogen (secondary N) is 1. The molecular weight excluding hydrogens is 114 g/mol. The van der Waals surface area contributed by atoms with Gasteiger partial charge in [-0.3, -0.25) is 0 Å². The molecule has 0 bridgehead atoms. The van der Waals surface area contributed by atoms with Crippen LogP contribution in [-0.2, 0) is 13.5 Å². The summed E-state index contributed by atoms with van der Waals surface area (Å²) in [5.41, 5.74) is 0. The van der Waals surface area contributed by atoms with Gasteiger partial charge in [-0.2, -0.15) is 5.26 Å². The molecular formula is C6H8N3+. The summed E-state index contributed by atoms with van der Waals surface area (Å²) in [5, 5.41) is 8.28. The van der Waals surface area contributed by atoms with Gasteiger partial charge in [0.1, 0.15) is 18.8 Å². The Labute approximate surface area is 53.6 Å². The molecule has 1 rings (SSSR count). The standard InChI is InChI=1S/C6H7N3/c1-9-5-4-8-6(9)2-3-7/h4-5H,2H2,1H3/p+1. The minimum atomic E-state index is 0.448. The zero-order valence-corrected chi connectivity index (χ0v) is 5.26. The summed E-state index contributed by atoms with van der Waals surface area (Å²) in [6.07, 6.45) is 4.14. The lowest BCUT2D eigenvalue weighted by Gasteiger charge is -1.82. The molecule has 1 aromatic heterocycles. The van der Waals surface area contributed by atoms with Crippen LogP contribution in [0.1, 0.15) is 5.82 Å². The number of hydrogen-bond donors (Lipinski definition) is 1. The number of hydrogen-bond acceptors (Lipinski definition) is 1. The zero-order chi connectivity index (χ0) is 6.69. The monoisotopic (exact) mass is 122 g/mol. The first-order valence-electron chi connectivity index (χ1n) is 2.73. The highest BCUT2D eigenvalue weighted by molar-refractivity contribution is 4.88. The molecule has 46 valence electrons. The summed E-state index contributed by atoms with van der Waals surface area (Å²) < 4.78 is 1.89. The highest BCUT2D eigenvalue weighted by Gasteiger charge is 2.02. The average molecular weight is 122 g/mol. The molecule has 0 aromatic carbocycles. The third kappa shape index (κ3) is 1.08. The molecule has 0 saturated carbocycles. The van der Waals surface area contributed by atoms with Gasteiger partial charge in [0.15, 0.2) is 0 Å². The first-order valence-corrected chi connectivity index (χ1v) is 2.73. The molecule has 1 aromatic rings. The maximum absolute atomic E-state index is 8.28. The fourth-order valence-electron chi connectivity index (χ4n) is 0.688. The number of nitrogens with zero attached hydrogens (tertiary/aromatic N) is 2. The summed E-state index contributed by atoms with van der Waals surface area (Å²) in [6.45, 7) is 0. The Morgan fingerprint density at radius 2 is 2.67 bits per heavy atom. The van der Waals surface area contributed by atoms with Crippen LogP contribution < -0.4 is 4.57 Å². The topological polar surface area (TPSA) is 43.5 Å². The maximum Gasteiger partial charge on any atom is 0.268 e. The number of rotatable bonds is 1. The average Bonchev–Trinajstić information content (AvgIpc) is 2.18. The van der Waals surface area contributed by atoms with Gasteiger partial charge in [0.05, 0.1) is 13.1 Å². The van der Waals surface area contributed by atoms with Gasteiger partial charge in [-0.15, -0.1) is 0 Å². The zero-order valence-electron chi connectivity index (χ0n) is 5.26. The molecule has 3 heteroatoms. The highest BCUT2D eigenvalue weighted by atomic mass is 15.0. The fourth-order valence-corrected chi connectivity index (χ4v) is 0.688.